The number of benzene rings is 1. The minimum atomic E-state index is -0.725. The summed E-state index contributed by atoms with van der Waals surface area (Å²) in [6.07, 6.45) is 1.16. The summed E-state index contributed by atoms with van der Waals surface area (Å²) in [5.41, 5.74) is 0.492. The van der Waals surface area contributed by atoms with Crippen molar-refractivity contribution < 1.29 is 23.8 Å². The quantitative estimate of drug-likeness (QED) is 0.878. The van der Waals surface area contributed by atoms with Crippen LogP contribution in [0.2, 0.25) is 0 Å². The number of carbonyl (C=O) groups excluding carboxylic acids is 1. The maximum atomic E-state index is 12.0. The summed E-state index contributed by atoms with van der Waals surface area (Å²) in [5.74, 6) is 1.48. The summed E-state index contributed by atoms with van der Waals surface area (Å²) in [6.45, 7) is 0.519. The van der Waals surface area contributed by atoms with Crippen molar-refractivity contribution in [1.29, 1.82) is 0 Å². The fourth-order valence-corrected chi connectivity index (χ4v) is 2.09. The number of ether oxygens (including phenoxy) is 2. The van der Waals surface area contributed by atoms with E-state index in [-0.39, 0.29) is 12.7 Å². The van der Waals surface area contributed by atoms with Crippen LogP contribution in [-0.4, -0.2) is 24.4 Å². The predicted octanol–water partition coefficient (Wildman–Crippen LogP) is 1.86. The monoisotopic (exact) mass is 289 g/mol. The van der Waals surface area contributed by atoms with Crippen LogP contribution in [0.4, 0.5) is 0 Å². The van der Waals surface area contributed by atoms with Gasteiger partial charge in [-0.1, -0.05) is 0 Å². The Bertz CT molecular complexity index is 623. The summed E-state index contributed by atoms with van der Waals surface area (Å²) in [5, 5.41) is 12.6. The number of carbonyl (C=O) groups is 1. The molecular weight excluding hydrogens is 274 g/mol. The van der Waals surface area contributed by atoms with E-state index < -0.39 is 6.10 Å². The molecule has 0 aliphatic carbocycles. The molecular formula is C15H15NO5. The number of rotatable bonds is 5. The Hall–Kier alpha value is -2.47. The van der Waals surface area contributed by atoms with Crippen molar-refractivity contribution in [3.8, 4) is 11.5 Å². The third-order valence-corrected chi connectivity index (χ3v) is 3.21. The van der Waals surface area contributed by atoms with Crippen molar-refractivity contribution in [2.24, 2.45) is 0 Å². The van der Waals surface area contributed by atoms with Crippen LogP contribution in [0.25, 0.3) is 0 Å². The van der Waals surface area contributed by atoms with Crippen molar-refractivity contribution >= 4 is 5.91 Å². The Labute approximate surface area is 121 Å². The van der Waals surface area contributed by atoms with Gasteiger partial charge in [-0.2, -0.15) is 0 Å². The van der Waals surface area contributed by atoms with Crippen LogP contribution in [0.3, 0.4) is 0 Å². The lowest BCUT2D eigenvalue weighted by Gasteiger charge is -2.09. The van der Waals surface area contributed by atoms with E-state index in [2.05, 4.69) is 5.32 Å². The molecule has 0 spiro atoms. The molecule has 2 aromatic rings. The zero-order valence-electron chi connectivity index (χ0n) is 11.2. The number of amides is 1. The molecule has 3 rings (SSSR count). The first-order valence-corrected chi connectivity index (χ1v) is 6.63. The van der Waals surface area contributed by atoms with Crippen LogP contribution in [0, 0.1) is 0 Å². The number of furan rings is 1. The molecule has 1 aliphatic heterocycles. The number of aliphatic hydroxyl groups is 1. The maximum Gasteiger partial charge on any atom is 0.251 e. The molecule has 1 aromatic heterocycles. The van der Waals surface area contributed by atoms with Gasteiger partial charge < -0.3 is 24.3 Å². The van der Waals surface area contributed by atoms with Crippen molar-refractivity contribution in [3.05, 3.63) is 47.9 Å². The van der Waals surface area contributed by atoms with Crippen LogP contribution in [0.1, 0.15) is 28.6 Å². The molecule has 1 atom stereocenters. The van der Waals surface area contributed by atoms with Gasteiger partial charge in [0.1, 0.15) is 11.9 Å². The fraction of sp³-hybridized carbons (Fsp3) is 0.267. The van der Waals surface area contributed by atoms with Gasteiger partial charge in [0.15, 0.2) is 11.5 Å². The Kier molecular flexibility index (Phi) is 3.79. The number of hydrogen-bond acceptors (Lipinski definition) is 5. The van der Waals surface area contributed by atoms with Gasteiger partial charge in [0, 0.05) is 12.1 Å². The third-order valence-electron chi connectivity index (χ3n) is 3.21. The third kappa shape index (κ3) is 3.00. The fourth-order valence-electron chi connectivity index (χ4n) is 2.09. The summed E-state index contributed by atoms with van der Waals surface area (Å²) in [6, 6.07) is 8.43. The Balaban J connectivity index is 1.52. The average Bonchev–Trinajstić information content (AvgIpc) is 3.17. The molecule has 0 fully saturated rings. The van der Waals surface area contributed by atoms with Crippen molar-refractivity contribution in [1.82, 2.24) is 5.32 Å². The van der Waals surface area contributed by atoms with Gasteiger partial charge in [-0.25, -0.2) is 0 Å². The first-order valence-electron chi connectivity index (χ1n) is 6.63. The van der Waals surface area contributed by atoms with Crippen molar-refractivity contribution in [2.45, 2.75) is 12.5 Å². The lowest BCUT2D eigenvalue weighted by Crippen LogP contribution is -2.25. The van der Waals surface area contributed by atoms with Crippen LogP contribution in [0.5, 0.6) is 11.5 Å². The average molecular weight is 289 g/mol. The van der Waals surface area contributed by atoms with Crippen LogP contribution >= 0.6 is 0 Å². The molecule has 1 aromatic carbocycles. The molecule has 2 N–H and O–H groups in total. The summed E-state index contributed by atoms with van der Waals surface area (Å²) in [4.78, 5) is 12.0. The highest BCUT2D eigenvalue weighted by molar-refractivity contribution is 5.94. The minimum Gasteiger partial charge on any atom is -0.467 e. The maximum absolute atomic E-state index is 12.0. The number of nitrogens with one attached hydrogen (secondary N) is 1. The largest absolute Gasteiger partial charge is 0.467 e. The smallest absolute Gasteiger partial charge is 0.251 e. The zero-order valence-corrected chi connectivity index (χ0v) is 11.2. The highest BCUT2D eigenvalue weighted by Crippen LogP contribution is 2.32. The number of hydrogen-bond donors (Lipinski definition) is 2. The highest BCUT2D eigenvalue weighted by atomic mass is 16.7. The molecule has 1 aliphatic rings. The zero-order chi connectivity index (χ0) is 14.7. The second-order valence-electron chi connectivity index (χ2n) is 4.64. The van der Waals surface area contributed by atoms with E-state index in [1.54, 1.807) is 30.3 Å². The van der Waals surface area contributed by atoms with Crippen LogP contribution < -0.4 is 14.8 Å². The lowest BCUT2D eigenvalue weighted by atomic mass is 10.1. The van der Waals surface area contributed by atoms with Crippen LogP contribution in [0.15, 0.2) is 41.0 Å². The van der Waals surface area contributed by atoms with E-state index in [1.165, 1.54) is 6.26 Å². The lowest BCUT2D eigenvalue weighted by molar-refractivity contribution is 0.0935. The number of fused-ring (bicyclic) bond motifs is 1. The Morgan fingerprint density at radius 1 is 1.29 bits per heavy atom. The second-order valence-corrected chi connectivity index (χ2v) is 4.64. The normalized spacial score (nSPS) is 14.0. The van der Waals surface area contributed by atoms with Crippen molar-refractivity contribution in [2.75, 3.05) is 13.3 Å². The van der Waals surface area contributed by atoms with Crippen molar-refractivity contribution in [3.63, 3.8) is 0 Å². The van der Waals surface area contributed by atoms with E-state index in [0.29, 0.717) is 35.8 Å². The summed E-state index contributed by atoms with van der Waals surface area (Å²) in [7, 11) is 0. The van der Waals surface area contributed by atoms with E-state index in [4.69, 9.17) is 13.9 Å². The first-order chi connectivity index (χ1) is 10.2. The molecule has 0 radical (unpaired) electrons. The first kappa shape index (κ1) is 13.5. The molecule has 0 bridgehead atoms. The highest BCUT2D eigenvalue weighted by Gasteiger charge is 2.16. The molecule has 1 amide bonds. The van der Waals surface area contributed by atoms with Gasteiger partial charge in [-0.15, -0.1) is 0 Å². The summed E-state index contributed by atoms with van der Waals surface area (Å²) < 4.78 is 15.5. The molecule has 0 saturated carbocycles. The molecule has 2 heterocycles. The van der Waals surface area contributed by atoms with E-state index >= 15 is 0 Å². The van der Waals surface area contributed by atoms with E-state index in [1.807, 2.05) is 0 Å². The van der Waals surface area contributed by atoms with Gasteiger partial charge in [0.05, 0.1) is 6.26 Å². The molecule has 21 heavy (non-hydrogen) atoms. The Morgan fingerprint density at radius 3 is 2.95 bits per heavy atom. The Morgan fingerprint density at radius 2 is 2.14 bits per heavy atom. The van der Waals surface area contributed by atoms with Gasteiger partial charge in [0.25, 0.3) is 5.91 Å². The van der Waals surface area contributed by atoms with Crippen LogP contribution in [-0.2, 0) is 0 Å². The van der Waals surface area contributed by atoms with Gasteiger partial charge in [0.2, 0.25) is 6.79 Å². The molecule has 0 saturated heterocycles. The molecule has 110 valence electrons. The van der Waals surface area contributed by atoms with E-state index in [0.717, 1.165) is 0 Å². The molecule has 6 heteroatoms. The predicted molar refractivity (Wildman–Crippen MR) is 73.2 cm³/mol. The van der Waals surface area contributed by atoms with Gasteiger partial charge in [-0.05, 0) is 36.8 Å². The molecule has 0 unspecified atom stereocenters. The minimum absolute atomic E-state index is 0.176. The van der Waals surface area contributed by atoms with Gasteiger partial charge >= 0.3 is 0 Å². The van der Waals surface area contributed by atoms with E-state index in [9.17, 15) is 9.90 Å². The summed E-state index contributed by atoms with van der Waals surface area (Å²) >= 11 is 0. The SMILES string of the molecule is O=C(NCC[C@H](O)c1ccco1)c1ccc2c(c1)OCO2. The standard InChI is InChI=1S/C15H15NO5/c17-11(12-2-1-7-19-12)5-6-16-15(18)10-3-4-13-14(8-10)21-9-20-13/h1-4,7-8,11,17H,5-6,9H2,(H,16,18)/t11-/m0/s1. The van der Waals surface area contributed by atoms with Gasteiger partial charge in [-0.3, -0.25) is 4.79 Å². The second kappa shape index (κ2) is 5.88. The molecule has 6 nitrogen and oxygen atoms in total. The number of aliphatic hydroxyl groups excluding tert-OH is 1. The topological polar surface area (TPSA) is 80.9 Å².